The van der Waals surface area contributed by atoms with Gasteiger partial charge < -0.3 is 15.7 Å². The Morgan fingerprint density at radius 3 is 2.55 bits per heavy atom. The van der Waals surface area contributed by atoms with Gasteiger partial charge in [0.25, 0.3) is 0 Å². The Morgan fingerprint density at radius 1 is 1.30 bits per heavy atom. The minimum absolute atomic E-state index is 0.0663. The van der Waals surface area contributed by atoms with Crippen molar-refractivity contribution in [2.24, 2.45) is 5.73 Å². The summed E-state index contributed by atoms with van der Waals surface area (Å²) in [5.41, 5.74) is 7.05. The number of carbonyl (C=O) groups is 2. The Bertz CT molecular complexity index is 434. The highest BCUT2D eigenvalue weighted by Gasteiger charge is 2.17. The number of hydrogen-bond donors (Lipinski definition) is 2. The zero-order valence-electron chi connectivity index (χ0n) is 11.8. The van der Waals surface area contributed by atoms with Crippen molar-refractivity contribution in [1.82, 2.24) is 4.90 Å². The molecule has 5 heteroatoms. The average Bonchev–Trinajstić information content (AvgIpc) is 2.44. The van der Waals surface area contributed by atoms with Crippen molar-refractivity contribution in [2.75, 3.05) is 13.6 Å². The van der Waals surface area contributed by atoms with E-state index in [1.807, 2.05) is 30.3 Å². The Morgan fingerprint density at radius 2 is 1.95 bits per heavy atom. The molecule has 0 aliphatic heterocycles. The predicted octanol–water partition coefficient (Wildman–Crippen LogP) is 1.27. The summed E-state index contributed by atoms with van der Waals surface area (Å²) in [7, 11) is 1.66. The molecule has 0 aromatic heterocycles. The zero-order chi connectivity index (χ0) is 15.0. The second kappa shape index (κ2) is 8.32. The van der Waals surface area contributed by atoms with Gasteiger partial charge in [-0.15, -0.1) is 0 Å². The number of carbonyl (C=O) groups excluding carboxylic acids is 1. The molecule has 1 rings (SSSR count). The number of rotatable bonds is 8. The lowest BCUT2D eigenvalue weighted by Gasteiger charge is -2.21. The lowest BCUT2D eigenvalue weighted by Crippen LogP contribution is -2.42. The van der Waals surface area contributed by atoms with E-state index < -0.39 is 12.0 Å². The van der Waals surface area contributed by atoms with Gasteiger partial charge in [-0.25, -0.2) is 0 Å². The van der Waals surface area contributed by atoms with E-state index in [1.54, 1.807) is 7.05 Å². The first-order valence-corrected chi connectivity index (χ1v) is 6.77. The fourth-order valence-electron chi connectivity index (χ4n) is 1.95. The van der Waals surface area contributed by atoms with E-state index in [0.29, 0.717) is 19.4 Å². The van der Waals surface area contributed by atoms with Gasteiger partial charge in [0.2, 0.25) is 5.91 Å². The number of likely N-dealkylation sites (N-methyl/N-ethyl adjacent to an activating group) is 1. The molecular weight excluding hydrogens is 256 g/mol. The van der Waals surface area contributed by atoms with E-state index in [2.05, 4.69) is 0 Å². The molecule has 0 bridgehead atoms. The van der Waals surface area contributed by atoms with E-state index in [9.17, 15) is 9.59 Å². The van der Waals surface area contributed by atoms with Crippen LogP contribution in [0.2, 0.25) is 0 Å². The Hall–Kier alpha value is -1.88. The molecule has 0 spiro atoms. The highest BCUT2D eigenvalue weighted by atomic mass is 16.4. The third-order valence-corrected chi connectivity index (χ3v) is 3.16. The molecule has 1 atom stereocenters. The molecule has 0 saturated carbocycles. The monoisotopic (exact) mass is 278 g/mol. The van der Waals surface area contributed by atoms with E-state index in [4.69, 9.17) is 10.8 Å². The minimum atomic E-state index is -0.848. The topological polar surface area (TPSA) is 83.6 Å². The van der Waals surface area contributed by atoms with E-state index >= 15 is 0 Å². The molecule has 0 heterocycles. The molecular formula is C15H22N2O3. The molecule has 0 aliphatic rings. The maximum Gasteiger partial charge on any atom is 0.303 e. The number of amides is 1. The largest absolute Gasteiger partial charge is 0.481 e. The third kappa shape index (κ3) is 5.84. The molecule has 0 fully saturated rings. The van der Waals surface area contributed by atoms with Crippen LogP contribution in [0.25, 0.3) is 0 Å². The summed E-state index contributed by atoms with van der Waals surface area (Å²) in [5.74, 6) is -0.981. The van der Waals surface area contributed by atoms with Crippen LogP contribution in [-0.4, -0.2) is 41.5 Å². The van der Waals surface area contributed by atoms with Crippen LogP contribution in [-0.2, 0) is 16.0 Å². The van der Waals surface area contributed by atoms with Crippen LogP contribution in [0.4, 0.5) is 0 Å². The number of carboxylic acid groups (broad SMARTS) is 1. The highest BCUT2D eigenvalue weighted by Crippen LogP contribution is 2.06. The van der Waals surface area contributed by atoms with Crippen molar-refractivity contribution in [1.29, 1.82) is 0 Å². The summed E-state index contributed by atoms with van der Waals surface area (Å²) < 4.78 is 0. The Balaban J connectivity index is 2.32. The van der Waals surface area contributed by atoms with E-state index in [-0.39, 0.29) is 12.3 Å². The maximum atomic E-state index is 12.0. The van der Waals surface area contributed by atoms with Crippen LogP contribution >= 0.6 is 0 Å². The van der Waals surface area contributed by atoms with Crippen LogP contribution in [0.1, 0.15) is 24.8 Å². The summed E-state index contributed by atoms with van der Waals surface area (Å²) in [4.78, 5) is 23.9. The van der Waals surface area contributed by atoms with Crippen LogP contribution in [0, 0.1) is 0 Å². The molecule has 1 amide bonds. The van der Waals surface area contributed by atoms with Crippen molar-refractivity contribution in [3.8, 4) is 0 Å². The molecule has 1 aromatic rings. The number of nitrogens with zero attached hydrogens (tertiary/aromatic N) is 1. The summed E-state index contributed by atoms with van der Waals surface area (Å²) in [5, 5.41) is 8.56. The van der Waals surface area contributed by atoms with Gasteiger partial charge in [0, 0.05) is 20.0 Å². The van der Waals surface area contributed by atoms with E-state index in [0.717, 1.165) is 12.0 Å². The molecule has 110 valence electrons. The molecule has 0 saturated heterocycles. The molecule has 1 aromatic carbocycles. The molecule has 5 nitrogen and oxygen atoms in total. The number of carboxylic acids is 1. The Kier molecular flexibility index (Phi) is 6.73. The van der Waals surface area contributed by atoms with Crippen molar-refractivity contribution in [2.45, 2.75) is 31.7 Å². The second-order valence-corrected chi connectivity index (χ2v) is 4.89. The molecule has 20 heavy (non-hydrogen) atoms. The summed E-state index contributed by atoms with van der Waals surface area (Å²) in [6, 6.07) is 9.35. The average molecular weight is 278 g/mol. The van der Waals surface area contributed by atoms with Gasteiger partial charge in [-0.3, -0.25) is 9.59 Å². The van der Waals surface area contributed by atoms with Gasteiger partial charge in [0.1, 0.15) is 0 Å². The fraction of sp³-hybridized carbons (Fsp3) is 0.467. The molecule has 0 aliphatic carbocycles. The number of aryl methyl sites for hydroxylation is 1. The number of benzene rings is 1. The normalized spacial score (nSPS) is 11.9. The summed E-state index contributed by atoms with van der Waals surface area (Å²) >= 11 is 0. The fourth-order valence-corrected chi connectivity index (χ4v) is 1.95. The number of hydrogen-bond acceptors (Lipinski definition) is 3. The lowest BCUT2D eigenvalue weighted by atomic mass is 10.0. The highest BCUT2D eigenvalue weighted by molar-refractivity contribution is 5.81. The first-order chi connectivity index (χ1) is 9.50. The van der Waals surface area contributed by atoms with Gasteiger partial charge >= 0.3 is 5.97 Å². The Labute approximate surface area is 119 Å². The van der Waals surface area contributed by atoms with Crippen molar-refractivity contribution >= 4 is 11.9 Å². The van der Waals surface area contributed by atoms with Crippen molar-refractivity contribution in [3.63, 3.8) is 0 Å². The first kappa shape index (κ1) is 16.2. The molecule has 3 N–H and O–H groups in total. The SMILES string of the molecule is CN(CCCC(=O)O)C(=O)[C@@H](N)CCc1ccccc1. The first-order valence-electron chi connectivity index (χ1n) is 6.77. The van der Waals surface area contributed by atoms with Crippen LogP contribution in [0.15, 0.2) is 30.3 Å². The van der Waals surface area contributed by atoms with Crippen LogP contribution in [0.5, 0.6) is 0 Å². The maximum absolute atomic E-state index is 12.0. The number of nitrogens with two attached hydrogens (primary N) is 1. The van der Waals surface area contributed by atoms with Crippen molar-refractivity contribution in [3.05, 3.63) is 35.9 Å². The quantitative estimate of drug-likeness (QED) is 0.750. The summed E-state index contributed by atoms with van der Waals surface area (Å²) in [6.45, 7) is 0.421. The summed E-state index contributed by atoms with van der Waals surface area (Å²) in [6.07, 6.45) is 1.86. The number of aliphatic carboxylic acids is 1. The zero-order valence-corrected chi connectivity index (χ0v) is 11.8. The standard InChI is InChI=1S/C15H22N2O3/c1-17(11-5-8-14(18)19)15(20)13(16)10-9-12-6-3-2-4-7-12/h2-4,6-7,13H,5,8-11,16H2,1H3,(H,18,19)/t13-/m0/s1. The smallest absolute Gasteiger partial charge is 0.303 e. The third-order valence-electron chi connectivity index (χ3n) is 3.16. The van der Waals surface area contributed by atoms with Gasteiger partial charge in [0.05, 0.1) is 6.04 Å². The van der Waals surface area contributed by atoms with Crippen molar-refractivity contribution < 1.29 is 14.7 Å². The van der Waals surface area contributed by atoms with Crippen LogP contribution in [0.3, 0.4) is 0 Å². The van der Waals surface area contributed by atoms with Crippen LogP contribution < -0.4 is 5.73 Å². The molecule has 0 radical (unpaired) electrons. The van der Waals surface area contributed by atoms with Gasteiger partial charge in [-0.1, -0.05) is 30.3 Å². The van der Waals surface area contributed by atoms with E-state index in [1.165, 1.54) is 4.90 Å². The predicted molar refractivity (Wildman–Crippen MR) is 77.2 cm³/mol. The van der Waals surface area contributed by atoms with Gasteiger partial charge in [-0.05, 0) is 24.8 Å². The lowest BCUT2D eigenvalue weighted by molar-refractivity contribution is -0.138. The minimum Gasteiger partial charge on any atom is -0.481 e. The van der Waals surface area contributed by atoms with Gasteiger partial charge in [-0.2, -0.15) is 0 Å². The molecule has 0 unspecified atom stereocenters. The van der Waals surface area contributed by atoms with Gasteiger partial charge in [0.15, 0.2) is 0 Å². The second-order valence-electron chi connectivity index (χ2n) is 4.89.